The second kappa shape index (κ2) is 9.59. The number of amides is 3. The SMILES string of the molecule is CCc1ccc(NC(=O)NCCn2nnc3cc(C(=O)NC4CCCC4)ccc32)cc1. The van der Waals surface area contributed by atoms with Crippen molar-refractivity contribution in [1.29, 1.82) is 0 Å². The third-order valence-corrected chi connectivity index (χ3v) is 5.70. The van der Waals surface area contributed by atoms with Crippen molar-refractivity contribution < 1.29 is 9.59 Å². The Bertz CT molecular complexity index is 1050. The summed E-state index contributed by atoms with van der Waals surface area (Å²) in [4.78, 5) is 24.6. The third kappa shape index (κ3) is 5.20. The van der Waals surface area contributed by atoms with E-state index in [1.807, 2.05) is 30.3 Å². The van der Waals surface area contributed by atoms with E-state index >= 15 is 0 Å². The van der Waals surface area contributed by atoms with E-state index in [1.165, 1.54) is 18.4 Å². The van der Waals surface area contributed by atoms with Crippen LogP contribution >= 0.6 is 0 Å². The smallest absolute Gasteiger partial charge is 0.319 e. The molecule has 162 valence electrons. The van der Waals surface area contributed by atoms with E-state index in [4.69, 9.17) is 0 Å². The van der Waals surface area contributed by atoms with Gasteiger partial charge in [0.2, 0.25) is 0 Å². The number of fused-ring (bicyclic) bond motifs is 1. The maximum atomic E-state index is 12.5. The van der Waals surface area contributed by atoms with Crippen LogP contribution in [0, 0.1) is 0 Å². The van der Waals surface area contributed by atoms with E-state index in [0.717, 1.165) is 30.5 Å². The lowest BCUT2D eigenvalue weighted by Gasteiger charge is -2.11. The maximum Gasteiger partial charge on any atom is 0.319 e. The molecule has 0 bridgehead atoms. The minimum atomic E-state index is -0.264. The molecule has 3 N–H and O–H groups in total. The fraction of sp³-hybridized carbons (Fsp3) is 0.391. The van der Waals surface area contributed by atoms with Crippen LogP contribution in [0.25, 0.3) is 11.0 Å². The number of hydrogen-bond acceptors (Lipinski definition) is 4. The molecule has 8 heteroatoms. The highest BCUT2D eigenvalue weighted by molar-refractivity contribution is 5.97. The number of hydrogen-bond donors (Lipinski definition) is 3. The Kier molecular flexibility index (Phi) is 6.45. The van der Waals surface area contributed by atoms with Gasteiger partial charge in [0.05, 0.1) is 12.1 Å². The summed E-state index contributed by atoms with van der Waals surface area (Å²) in [6.07, 6.45) is 5.42. The molecule has 4 rings (SSSR count). The van der Waals surface area contributed by atoms with Crippen LogP contribution in [-0.2, 0) is 13.0 Å². The molecule has 1 aliphatic carbocycles. The third-order valence-electron chi connectivity index (χ3n) is 5.70. The molecule has 0 saturated heterocycles. The number of carbonyl (C=O) groups excluding carboxylic acids is 2. The van der Waals surface area contributed by atoms with Gasteiger partial charge in [0.1, 0.15) is 5.52 Å². The Hall–Kier alpha value is -3.42. The molecule has 0 spiro atoms. The lowest BCUT2D eigenvalue weighted by atomic mass is 10.1. The zero-order valence-electron chi connectivity index (χ0n) is 17.7. The van der Waals surface area contributed by atoms with Crippen molar-refractivity contribution in [2.24, 2.45) is 0 Å². The Morgan fingerprint density at radius 1 is 1.10 bits per heavy atom. The Labute approximate surface area is 181 Å². The molecule has 0 atom stereocenters. The van der Waals surface area contributed by atoms with Crippen LogP contribution in [0.3, 0.4) is 0 Å². The fourth-order valence-corrected chi connectivity index (χ4v) is 3.89. The van der Waals surface area contributed by atoms with Crippen LogP contribution in [0.4, 0.5) is 10.5 Å². The summed E-state index contributed by atoms with van der Waals surface area (Å²) < 4.78 is 1.73. The Morgan fingerprint density at radius 2 is 1.87 bits per heavy atom. The van der Waals surface area contributed by atoms with Crippen molar-refractivity contribution in [2.75, 3.05) is 11.9 Å². The molecular weight excluding hydrogens is 392 g/mol. The van der Waals surface area contributed by atoms with Crippen LogP contribution < -0.4 is 16.0 Å². The molecule has 31 heavy (non-hydrogen) atoms. The van der Waals surface area contributed by atoms with Crippen LogP contribution in [-0.4, -0.2) is 39.5 Å². The van der Waals surface area contributed by atoms with Gasteiger partial charge in [0, 0.05) is 23.8 Å². The molecule has 0 radical (unpaired) electrons. The van der Waals surface area contributed by atoms with Crippen molar-refractivity contribution in [3.63, 3.8) is 0 Å². The first-order valence-corrected chi connectivity index (χ1v) is 10.9. The molecule has 1 saturated carbocycles. The molecular formula is C23H28N6O2. The van der Waals surface area contributed by atoms with E-state index in [9.17, 15) is 9.59 Å². The highest BCUT2D eigenvalue weighted by Crippen LogP contribution is 2.19. The molecule has 1 heterocycles. The van der Waals surface area contributed by atoms with Gasteiger partial charge in [-0.25, -0.2) is 9.48 Å². The van der Waals surface area contributed by atoms with Crippen LogP contribution in [0.15, 0.2) is 42.5 Å². The molecule has 1 fully saturated rings. The van der Waals surface area contributed by atoms with Gasteiger partial charge in [0.15, 0.2) is 0 Å². The predicted octanol–water partition coefficient (Wildman–Crippen LogP) is 3.49. The minimum absolute atomic E-state index is 0.0614. The highest BCUT2D eigenvalue weighted by Gasteiger charge is 2.18. The van der Waals surface area contributed by atoms with Crippen molar-refractivity contribution in [2.45, 2.75) is 51.6 Å². The van der Waals surface area contributed by atoms with E-state index in [-0.39, 0.29) is 18.0 Å². The molecule has 8 nitrogen and oxygen atoms in total. The number of rotatable bonds is 7. The lowest BCUT2D eigenvalue weighted by molar-refractivity contribution is 0.0938. The summed E-state index contributed by atoms with van der Waals surface area (Å²) in [6.45, 7) is 2.97. The number of aromatic nitrogens is 3. The Morgan fingerprint density at radius 3 is 2.61 bits per heavy atom. The zero-order valence-corrected chi connectivity index (χ0v) is 17.7. The van der Waals surface area contributed by atoms with Crippen molar-refractivity contribution in [1.82, 2.24) is 25.6 Å². The molecule has 3 amide bonds. The molecule has 1 aliphatic rings. The minimum Gasteiger partial charge on any atom is -0.349 e. The lowest BCUT2D eigenvalue weighted by Crippen LogP contribution is -2.32. The number of nitrogens with one attached hydrogen (secondary N) is 3. The highest BCUT2D eigenvalue weighted by atomic mass is 16.2. The first-order valence-electron chi connectivity index (χ1n) is 10.9. The first-order chi connectivity index (χ1) is 15.1. The number of nitrogens with zero attached hydrogens (tertiary/aromatic N) is 3. The normalized spacial score (nSPS) is 14.0. The van der Waals surface area contributed by atoms with E-state index in [1.54, 1.807) is 16.8 Å². The van der Waals surface area contributed by atoms with Crippen molar-refractivity contribution >= 4 is 28.7 Å². The molecule has 0 aliphatic heterocycles. The number of anilines is 1. The van der Waals surface area contributed by atoms with Crippen LogP contribution in [0.1, 0.15) is 48.5 Å². The van der Waals surface area contributed by atoms with E-state index < -0.39 is 0 Å². The summed E-state index contributed by atoms with van der Waals surface area (Å²) in [5.41, 5.74) is 4.07. The second-order valence-electron chi connectivity index (χ2n) is 7.90. The van der Waals surface area contributed by atoms with E-state index in [0.29, 0.717) is 24.2 Å². The van der Waals surface area contributed by atoms with Crippen LogP contribution in [0.2, 0.25) is 0 Å². The monoisotopic (exact) mass is 420 g/mol. The maximum absolute atomic E-state index is 12.5. The van der Waals surface area contributed by atoms with Gasteiger partial charge in [-0.15, -0.1) is 5.10 Å². The largest absolute Gasteiger partial charge is 0.349 e. The zero-order chi connectivity index (χ0) is 21.6. The number of benzene rings is 2. The number of aryl methyl sites for hydroxylation is 1. The average molecular weight is 421 g/mol. The van der Waals surface area contributed by atoms with Gasteiger partial charge < -0.3 is 16.0 Å². The van der Waals surface area contributed by atoms with Crippen LogP contribution in [0.5, 0.6) is 0 Å². The summed E-state index contributed by atoms with van der Waals surface area (Å²) in [7, 11) is 0. The molecule has 1 aromatic heterocycles. The van der Waals surface area contributed by atoms with Crippen molar-refractivity contribution in [3.8, 4) is 0 Å². The molecule has 3 aromatic rings. The second-order valence-corrected chi connectivity index (χ2v) is 7.90. The van der Waals surface area contributed by atoms with Gasteiger partial charge in [0.25, 0.3) is 5.91 Å². The standard InChI is InChI=1S/C23H28N6O2/c1-2-16-7-10-19(11-8-16)26-23(31)24-13-14-29-21-12-9-17(15-20(21)27-28-29)22(30)25-18-5-3-4-6-18/h7-12,15,18H,2-6,13-14H2,1H3,(H,25,30)(H2,24,26,31). The summed E-state index contributed by atoms with van der Waals surface area (Å²) >= 11 is 0. The first kappa shape index (κ1) is 20.8. The van der Waals surface area contributed by atoms with Gasteiger partial charge in [-0.05, 0) is 55.2 Å². The fourth-order valence-electron chi connectivity index (χ4n) is 3.89. The van der Waals surface area contributed by atoms with E-state index in [2.05, 4.69) is 33.2 Å². The quantitative estimate of drug-likeness (QED) is 0.545. The summed E-state index contributed by atoms with van der Waals surface area (Å²) in [6, 6.07) is 13.2. The Balaban J connectivity index is 1.30. The number of carbonyl (C=O) groups is 2. The summed E-state index contributed by atoms with van der Waals surface area (Å²) in [5.74, 6) is -0.0614. The average Bonchev–Trinajstić information content (AvgIpc) is 3.44. The van der Waals surface area contributed by atoms with Gasteiger partial charge in [-0.3, -0.25) is 4.79 Å². The van der Waals surface area contributed by atoms with Gasteiger partial charge in [-0.2, -0.15) is 0 Å². The van der Waals surface area contributed by atoms with Gasteiger partial charge in [-0.1, -0.05) is 37.1 Å². The van der Waals surface area contributed by atoms with Gasteiger partial charge >= 0.3 is 6.03 Å². The predicted molar refractivity (Wildman–Crippen MR) is 120 cm³/mol. The molecule has 2 aromatic carbocycles. The van der Waals surface area contributed by atoms with Crippen molar-refractivity contribution in [3.05, 3.63) is 53.6 Å². The topological polar surface area (TPSA) is 101 Å². The number of urea groups is 1. The summed E-state index contributed by atoms with van der Waals surface area (Å²) in [5, 5.41) is 17.1. The molecule has 0 unspecified atom stereocenters.